The van der Waals surface area contributed by atoms with Crippen molar-refractivity contribution in [2.24, 2.45) is 11.1 Å². The first kappa shape index (κ1) is 11.8. The number of carbonyl (C=O) groups is 1. The van der Waals surface area contributed by atoms with Gasteiger partial charge in [0.1, 0.15) is 0 Å². The zero-order valence-electron chi connectivity index (χ0n) is 8.42. The summed E-state index contributed by atoms with van der Waals surface area (Å²) < 4.78 is 0. The summed E-state index contributed by atoms with van der Waals surface area (Å²) in [6, 6.07) is 0. The summed E-state index contributed by atoms with van der Waals surface area (Å²) in [7, 11) is 0. The van der Waals surface area contributed by atoms with Crippen molar-refractivity contribution in [1.29, 1.82) is 0 Å². The summed E-state index contributed by atoms with van der Waals surface area (Å²) in [6.07, 6.45) is 2.14. The molecule has 0 aliphatic rings. The van der Waals surface area contributed by atoms with Crippen LogP contribution in [0.15, 0.2) is 23.9 Å². The number of aliphatic carboxylic acids is 1. The van der Waals surface area contributed by atoms with Crippen LogP contribution in [-0.2, 0) is 4.79 Å². The predicted molar refractivity (Wildman–Crippen MR) is 53.1 cm³/mol. The molecule has 0 atom stereocenters. The normalized spacial score (nSPS) is 13.5. The molecule has 0 rings (SSSR count). The zero-order chi connectivity index (χ0) is 10.6. The Morgan fingerprint density at radius 3 is 2.31 bits per heavy atom. The van der Waals surface area contributed by atoms with Gasteiger partial charge in [0, 0.05) is 11.1 Å². The molecule has 0 amide bonds. The molecule has 0 saturated heterocycles. The zero-order valence-corrected chi connectivity index (χ0v) is 8.42. The lowest BCUT2D eigenvalue weighted by Crippen LogP contribution is -2.23. The molecule has 0 bridgehead atoms. The van der Waals surface area contributed by atoms with Gasteiger partial charge in [-0.05, 0) is 6.42 Å². The fourth-order valence-corrected chi connectivity index (χ4v) is 1.11. The third-order valence-corrected chi connectivity index (χ3v) is 2.07. The van der Waals surface area contributed by atoms with Gasteiger partial charge in [-0.2, -0.15) is 0 Å². The van der Waals surface area contributed by atoms with Gasteiger partial charge in [0.05, 0.1) is 5.57 Å². The van der Waals surface area contributed by atoms with E-state index in [1.54, 1.807) is 19.9 Å². The molecule has 0 fully saturated rings. The van der Waals surface area contributed by atoms with Gasteiger partial charge in [-0.15, -0.1) is 6.58 Å². The topological polar surface area (TPSA) is 63.3 Å². The highest BCUT2D eigenvalue weighted by atomic mass is 16.4. The molecule has 0 aromatic rings. The van der Waals surface area contributed by atoms with Crippen molar-refractivity contribution in [1.82, 2.24) is 0 Å². The number of nitrogens with two attached hydrogens (primary N) is 1. The molecular formula is C10H17NO2. The fourth-order valence-electron chi connectivity index (χ4n) is 1.11. The van der Waals surface area contributed by atoms with Crippen molar-refractivity contribution in [3.05, 3.63) is 23.9 Å². The highest BCUT2D eigenvalue weighted by Gasteiger charge is 2.27. The maximum absolute atomic E-state index is 10.9. The lowest BCUT2D eigenvalue weighted by Gasteiger charge is -2.22. The molecule has 3 heteroatoms. The van der Waals surface area contributed by atoms with Crippen LogP contribution in [0.5, 0.6) is 0 Å². The van der Waals surface area contributed by atoms with E-state index in [4.69, 9.17) is 10.8 Å². The molecule has 0 saturated carbocycles. The Balaban J connectivity index is 5.28. The molecule has 0 aliphatic carbocycles. The Bertz CT molecular complexity index is 252. The van der Waals surface area contributed by atoms with Crippen molar-refractivity contribution in [2.75, 3.05) is 0 Å². The summed E-state index contributed by atoms with van der Waals surface area (Å²) in [5, 5.41) is 8.96. The van der Waals surface area contributed by atoms with Crippen LogP contribution in [0.25, 0.3) is 0 Å². The minimum absolute atomic E-state index is 0.241. The van der Waals surface area contributed by atoms with Crippen LogP contribution in [0.3, 0.4) is 0 Å². The van der Waals surface area contributed by atoms with Crippen LogP contribution in [0.2, 0.25) is 0 Å². The van der Waals surface area contributed by atoms with Crippen LogP contribution in [-0.4, -0.2) is 11.1 Å². The van der Waals surface area contributed by atoms with Gasteiger partial charge < -0.3 is 10.8 Å². The van der Waals surface area contributed by atoms with E-state index in [9.17, 15) is 4.79 Å². The van der Waals surface area contributed by atoms with E-state index >= 15 is 0 Å². The smallest absolute Gasteiger partial charge is 0.334 e. The average molecular weight is 183 g/mol. The van der Waals surface area contributed by atoms with Gasteiger partial charge in [0.25, 0.3) is 0 Å². The Kier molecular flexibility index (Phi) is 3.72. The minimum Gasteiger partial charge on any atom is -0.478 e. The number of carboxylic acid groups (broad SMARTS) is 1. The molecule has 0 heterocycles. The number of hydrogen-bond donors (Lipinski definition) is 2. The van der Waals surface area contributed by atoms with Crippen molar-refractivity contribution in [3.63, 3.8) is 0 Å². The van der Waals surface area contributed by atoms with Crippen LogP contribution >= 0.6 is 0 Å². The molecule has 0 aromatic heterocycles. The van der Waals surface area contributed by atoms with Crippen LogP contribution in [0.4, 0.5) is 0 Å². The monoisotopic (exact) mass is 183 g/mol. The molecule has 0 radical (unpaired) electrons. The quantitative estimate of drug-likeness (QED) is 0.517. The van der Waals surface area contributed by atoms with Crippen LogP contribution in [0.1, 0.15) is 27.2 Å². The second-order valence-corrected chi connectivity index (χ2v) is 3.48. The lowest BCUT2D eigenvalue weighted by atomic mass is 9.82. The number of hydrogen-bond acceptors (Lipinski definition) is 2. The third kappa shape index (κ3) is 2.61. The third-order valence-electron chi connectivity index (χ3n) is 2.07. The Hall–Kier alpha value is -1.25. The minimum atomic E-state index is -0.968. The van der Waals surface area contributed by atoms with Crippen molar-refractivity contribution >= 4 is 5.97 Å². The molecular weight excluding hydrogens is 166 g/mol. The Labute approximate surface area is 78.9 Å². The lowest BCUT2D eigenvalue weighted by molar-refractivity contribution is -0.133. The van der Waals surface area contributed by atoms with Gasteiger partial charge in [-0.1, -0.05) is 26.8 Å². The first-order valence-electron chi connectivity index (χ1n) is 4.22. The average Bonchev–Trinajstić information content (AvgIpc) is 2.03. The number of allylic oxidation sites excluding steroid dienone is 2. The number of carboxylic acids is 1. The summed E-state index contributed by atoms with van der Waals surface area (Å²) >= 11 is 0. The standard InChI is InChI=1S/C10H17NO2/c1-5-7(11)8(9(12)13)10(3,4)6-2/h6H,2,5,11H2,1,3-4H3,(H,12,13)/b8-7+. The van der Waals surface area contributed by atoms with Gasteiger partial charge in [-0.3, -0.25) is 0 Å². The Morgan fingerprint density at radius 2 is 2.08 bits per heavy atom. The van der Waals surface area contributed by atoms with E-state index in [-0.39, 0.29) is 5.57 Å². The molecule has 74 valence electrons. The van der Waals surface area contributed by atoms with E-state index < -0.39 is 11.4 Å². The first-order valence-corrected chi connectivity index (χ1v) is 4.22. The van der Waals surface area contributed by atoms with Gasteiger partial charge in [0.15, 0.2) is 0 Å². The highest BCUT2D eigenvalue weighted by Crippen LogP contribution is 2.29. The van der Waals surface area contributed by atoms with Gasteiger partial charge >= 0.3 is 5.97 Å². The van der Waals surface area contributed by atoms with E-state index in [2.05, 4.69) is 6.58 Å². The molecule has 3 N–H and O–H groups in total. The van der Waals surface area contributed by atoms with E-state index in [1.807, 2.05) is 6.92 Å². The molecule has 0 unspecified atom stereocenters. The SMILES string of the molecule is C=CC(C)(C)/C(C(=O)O)=C(/N)CC. The Morgan fingerprint density at radius 1 is 1.62 bits per heavy atom. The summed E-state index contributed by atoms with van der Waals surface area (Å²) in [6.45, 7) is 9.00. The summed E-state index contributed by atoms with van der Waals surface area (Å²) in [5.74, 6) is -0.968. The van der Waals surface area contributed by atoms with Gasteiger partial charge in [-0.25, -0.2) is 4.79 Å². The summed E-state index contributed by atoms with van der Waals surface area (Å²) in [5.41, 5.74) is 5.71. The van der Waals surface area contributed by atoms with E-state index in [1.165, 1.54) is 0 Å². The maximum Gasteiger partial charge on any atom is 0.334 e. The van der Waals surface area contributed by atoms with Crippen molar-refractivity contribution < 1.29 is 9.90 Å². The number of rotatable bonds is 4. The van der Waals surface area contributed by atoms with Crippen molar-refractivity contribution in [2.45, 2.75) is 27.2 Å². The van der Waals surface area contributed by atoms with Crippen LogP contribution in [0, 0.1) is 5.41 Å². The maximum atomic E-state index is 10.9. The molecule has 13 heavy (non-hydrogen) atoms. The predicted octanol–water partition coefficient (Wildman–Crippen LogP) is 1.91. The molecule has 0 aliphatic heterocycles. The van der Waals surface area contributed by atoms with Crippen LogP contribution < -0.4 is 5.73 Å². The largest absolute Gasteiger partial charge is 0.478 e. The van der Waals surface area contributed by atoms with Crippen molar-refractivity contribution in [3.8, 4) is 0 Å². The molecule has 0 spiro atoms. The fraction of sp³-hybridized carbons (Fsp3) is 0.500. The second kappa shape index (κ2) is 4.12. The summed E-state index contributed by atoms with van der Waals surface area (Å²) in [4.78, 5) is 10.9. The van der Waals surface area contributed by atoms with Gasteiger partial charge in [0.2, 0.25) is 0 Å². The first-order chi connectivity index (χ1) is 5.86. The molecule has 3 nitrogen and oxygen atoms in total. The van der Waals surface area contributed by atoms with E-state index in [0.717, 1.165) is 0 Å². The van der Waals surface area contributed by atoms with E-state index in [0.29, 0.717) is 12.1 Å². The molecule has 0 aromatic carbocycles. The highest BCUT2D eigenvalue weighted by molar-refractivity contribution is 5.89. The second-order valence-electron chi connectivity index (χ2n) is 3.48.